The predicted molar refractivity (Wildman–Crippen MR) is 88.5 cm³/mol. The van der Waals surface area contributed by atoms with Gasteiger partial charge >= 0.3 is 6.18 Å². The molecule has 2 rings (SSSR count). The van der Waals surface area contributed by atoms with Gasteiger partial charge in [0, 0.05) is 18.4 Å². The van der Waals surface area contributed by atoms with Gasteiger partial charge in [-0.05, 0) is 45.0 Å². The molecule has 2 aromatic rings. The summed E-state index contributed by atoms with van der Waals surface area (Å²) in [6, 6.07) is 7.08. The zero-order valence-corrected chi connectivity index (χ0v) is 14.5. The molecule has 0 aliphatic rings. The maximum Gasteiger partial charge on any atom is 0.423 e. The molecule has 136 valence electrons. The van der Waals surface area contributed by atoms with Crippen LogP contribution in [-0.2, 0) is 6.18 Å². The second kappa shape index (κ2) is 7.58. The molecule has 0 atom stereocenters. The number of benzene rings is 1. The molecule has 0 fully saturated rings. The van der Waals surface area contributed by atoms with E-state index in [-0.39, 0.29) is 5.95 Å². The van der Waals surface area contributed by atoms with Crippen LogP contribution < -0.4 is 14.4 Å². The van der Waals surface area contributed by atoms with Crippen LogP contribution in [-0.4, -0.2) is 29.7 Å². The molecule has 1 heterocycles. The number of halogens is 3. The first kappa shape index (κ1) is 18.8. The Labute approximate surface area is 144 Å². The average Bonchev–Trinajstić information content (AvgIpc) is 2.54. The summed E-state index contributed by atoms with van der Waals surface area (Å²) < 4.78 is 49.8. The lowest BCUT2D eigenvalue weighted by molar-refractivity contribution is -0.139. The van der Waals surface area contributed by atoms with Crippen molar-refractivity contribution in [3.8, 4) is 11.6 Å². The number of hydrogen-bond donors (Lipinski definition) is 0. The van der Waals surface area contributed by atoms with E-state index in [1.165, 1.54) is 0 Å². The lowest BCUT2D eigenvalue weighted by Crippen LogP contribution is -2.21. The number of anilines is 2. The van der Waals surface area contributed by atoms with E-state index in [1.54, 1.807) is 50.1 Å². The molecule has 25 heavy (non-hydrogen) atoms. The highest BCUT2D eigenvalue weighted by Gasteiger charge is 2.37. The average molecular weight is 355 g/mol. The van der Waals surface area contributed by atoms with Gasteiger partial charge in [0.15, 0.2) is 0 Å². The fourth-order valence-corrected chi connectivity index (χ4v) is 2.20. The summed E-state index contributed by atoms with van der Waals surface area (Å²) in [6.07, 6.45) is -4.27. The van der Waals surface area contributed by atoms with Gasteiger partial charge in [-0.1, -0.05) is 0 Å². The van der Waals surface area contributed by atoms with Crippen LogP contribution in [0.2, 0.25) is 0 Å². The van der Waals surface area contributed by atoms with E-state index in [0.717, 1.165) is 11.9 Å². The van der Waals surface area contributed by atoms with Crippen molar-refractivity contribution in [3.63, 3.8) is 0 Å². The van der Waals surface area contributed by atoms with E-state index in [1.807, 2.05) is 6.92 Å². The summed E-state index contributed by atoms with van der Waals surface area (Å²) in [4.78, 5) is 9.58. The van der Waals surface area contributed by atoms with Crippen LogP contribution in [0.4, 0.5) is 24.8 Å². The third-order valence-corrected chi connectivity index (χ3v) is 3.34. The Kier molecular flexibility index (Phi) is 5.71. The highest BCUT2D eigenvalue weighted by atomic mass is 19.4. The third-order valence-electron chi connectivity index (χ3n) is 3.34. The molecular formula is C17H20F3N3O2. The van der Waals surface area contributed by atoms with E-state index in [4.69, 9.17) is 9.47 Å². The summed E-state index contributed by atoms with van der Waals surface area (Å²) in [5.74, 6) is 0.341. The number of aromatic nitrogens is 2. The van der Waals surface area contributed by atoms with Crippen molar-refractivity contribution in [2.75, 3.05) is 18.6 Å². The van der Waals surface area contributed by atoms with E-state index in [2.05, 4.69) is 9.97 Å². The van der Waals surface area contributed by atoms with Crippen LogP contribution >= 0.6 is 0 Å². The molecule has 8 heteroatoms. The number of nitrogens with zero attached hydrogens (tertiary/aromatic N) is 3. The van der Waals surface area contributed by atoms with Crippen molar-refractivity contribution < 1.29 is 22.6 Å². The Morgan fingerprint density at radius 1 is 1.16 bits per heavy atom. The van der Waals surface area contributed by atoms with E-state index in [0.29, 0.717) is 12.3 Å². The number of ether oxygens (including phenoxy) is 2. The molecule has 0 saturated heterocycles. The van der Waals surface area contributed by atoms with Gasteiger partial charge in [-0.2, -0.15) is 18.2 Å². The van der Waals surface area contributed by atoms with Crippen molar-refractivity contribution in [2.45, 2.75) is 33.1 Å². The van der Waals surface area contributed by atoms with Gasteiger partial charge in [0.05, 0.1) is 13.2 Å². The van der Waals surface area contributed by atoms with Gasteiger partial charge < -0.3 is 14.4 Å². The topological polar surface area (TPSA) is 47.5 Å². The standard InChI is InChI=1S/C17H20F3N3O2/c1-5-23(12-6-8-13(24-4)9-7-12)16-21-10-14(17(18,19)20)15(22-16)25-11(2)3/h6-11H,5H2,1-4H3. The van der Waals surface area contributed by atoms with Gasteiger partial charge in [0.1, 0.15) is 11.3 Å². The number of alkyl halides is 3. The summed E-state index contributed by atoms with van der Waals surface area (Å²) in [7, 11) is 1.56. The summed E-state index contributed by atoms with van der Waals surface area (Å²) in [5.41, 5.74) is -0.255. The van der Waals surface area contributed by atoms with Gasteiger partial charge in [-0.3, -0.25) is 0 Å². The van der Waals surface area contributed by atoms with E-state index in [9.17, 15) is 13.2 Å². The smallest absolute Gasteiger partial charge is 0.423 e. The minimum Gasteiger partial charge on any atom is -0.497 e. The minimum atomic E-state index is -4.58. The zero-order valence-electron chi connectivity index (χ0n) is 14.5. The lowest BCUT2D eigenvalue weighted by atomic mass is 10.2. The van der Waals surface area contributed by atoms with Crippen LogP contribution in [0.3, 0.4) is 0 Å². The van der Waals surface area contributed by atoms with E-state index >= 15 is 0 Å². The van der Waals surface area contributed by atoms with Crippen LogP contribution in [0.15, 0.2) is 30.5 Å². The Morgan fingerprint density at radius 3 is 2.28 bits per heavy atom. The Bertz CT molecular complexity index is 703. The summed E-state index contributed by atoms with van der Waals surface area (Å²) in [5, 5.41) is 0. The van der Waals surface area contributed by atoms with Crippen LogP contribution in [0.1, 0.15) is 26.3 Å². The lowest BCUT2D eigenvalue weighted by Gasteiger charge is -2.23. The third kappa shape index (κ3) is 4.52. The van der Waals surface area contributed by atoms with Gasteiger partial charge in [-0.15, -0.1) is 0 Å². The van der Waals surface area contributed by atoms with Crippen molar-refractivity contribution in [2.24, 2.45) is 0 Å². The molecular weight excluding hydrogens is 335 g/mol. The second-order valence-electron chi connectivity index (χ2n) is 5.50. The molecule has 0 aliphatic heterocycles. The summed E-state index contributed by atoms with van der Waals surface area (Å²) >= 11 is 0. The number of rotatable bonds is 6. The molecule has 0 aliphatic carbocycles. The second-order valence-corrected chi connectivity index (χ2v) is 5.50. The van der Waals surface area contributed by atoms with Crippen LogP contribution in [0.5, 0.6) is 11.6 Å². The largest absolute Gasteiger partial charge is 0.497 e. The number of methoxy groups -OCH3 is 1. The highest BCUT2D eigenvalue weighted by molar-refractivity contribution is 5.58. The molecule has 0 unspecified atom stereocenters. The van der Waals surface area contributed by atoms with Crippen molar-refractivity contribution >= 4 is 11.6 Å². The van der Waals surface area contributed by atoms with Gasteiger partial charge in [-0.25, -0.2) is 4.98 Å². The SMILES string of the molecule is CCN(c1ccc(OC)cc1)c1ncc(C(F)(F)F)c(OC(C)C)n1. The molecule has 1 aromatic carbocycles. The quantitative estimate of drug-likeness (QED) is 0.766. The first-order valence-electron chi connectivity index (χ1n) is 7.78. The molecule has 0 bridgehead atoms. The normalized spacial score (nSPS) is 11.5. The Hall–Kier alpha value is -2.51. The first-order chi connectivity index (χ1) is 11.8. The highest BCUT2D eigenvalue weighted by Crippen LogP contribution is 2.36. The fraction of sp³-hybridized carbons (Fsp3) is 0.412. The van der Waals surface area contributed by atoms with Crippen LogP contribution in [0.25, 0.3) is 0 Å². The van der Waals surface area contributed by atoms with Crippen LogP contribution in [0, 0.1) is 0 Å². The number of hydrogen-bond acceptors (Lipinski definition) is 5. The van der Waals surface area contributed by atoms with E-state index < -0.39 is 23.7 Å². The molecule has 0 amide bonds. The first-order valence-corrected chi connectivity index (χ1v) is 7.78. The van der Waals surface area contributed by atoms with Crippen molar-refractivity contribution in [3.05, 3.63) is 36.0 Å². The maximum atomic E-state index is 13.1. The summed E-state index contributed by atoms with van der Waals surface area (Å²) in [6.45, 7) is 5.61. The molecule has 5 nitrogen and oxygen atoms in total. The minimum absolute atomic E-state index is 0.135. The maximum absolute atomic E-state index is 13.1. The molecule has 0 N–H and O–H groups in total. The molecule has 1 aromatic heterocycles. The van der Waals surface area contributed by atoms with Crippen molar-refractivity contribution in [1.29, 1.82) is 0 Å². The monoisotopic (exact) mass is 355 g/mol. The molecule has 0 saturated carbocycles. The zero-order chi connectivity index (χ0) is 18.6. The predicted octanol–water partition coefficient (Wildman–Crippen LogP) is 4.45. The molecule has 0 spiro atoms. The molecule has 0 radical (unpaired) electrons. The Morgan fingerprint density at radius 2 is 1.80 bits per heavy atom. The van der Waals surface area contributed by atoms with Crippen molar-refractivity contribution in [1.82, 2.24) is 9.97 Å². The van der Waals surface area contributed by atoms with Gasteiger partial charge in [0.25, 0.3) is 0 Å². The Balaban J connectivity index is 2.44. The fourth-order valence-electron chi connectivity index (χ4n) is 2.20. The van der Waals surface area contributed by atoms with Gasteiger partial charge in [0.2, 0.25) is 11.8 Å².